The maximum Gasteiger partial charge on any atom is 0.241 e. The fourth-order valence-electron chi connectivity index (χ4n) is 2.93. The Morgan fingerprint density at radius 1 is 1.10 bits per heavy atom. The summed E-state index contributed by atoms with van der Waals surface area (Å²) in [4.78, 5) is 16.7. The molecule has 0 spiro atoms. The lowest BCUT2D eigenvalue weighted by Crippen LogP contribution is -2.54. The lowest BCUT2D eigenvalue weighted by molar-refractivity contribution is -0.131. The Morgan fingerprint density at radius 2 is 1.80 bits per heavy atom. The number of carbonyl (C=O) groups excluding carboxylic acids is 1. The molecule has 1 heterocycles. The predicted molar refractivity (Wildman–Crippen MR) is 80.7 cm³/mol. The minimum atomic E-state index is 0.210. The topological polar surface area (TPSA) is 35.6 Å². The van der Waals surface area contributed by atoms with E-state index in [0.29, 0.717) is 6.54 Å². The Hall–Kier alpha value is -1.55. The maximum atomic E-state index is 12.2. The number of nitrogens with one attached hydrogen (secondary N) is 1. The molecular weight excluding hydrogens is 250 g/mol. The second-order valence-electron chi connectivity index (χ2n) is 5.72. The van der Waals surface area contributed by atoms with E-state index < -0.39 is 0 Å². The van der Waals surface area contributed by atoms with Gasteiger partial charge in [-0.3, -0.25) is 9.69 Å². The predicted octanol–water partition coefficient (Wildman–Crippen LogP) is 1.80. The molecule has 0 atom stereocenters. The van der Waals surface area contributed by atoms with Crippen LogP contribution < -0.4 is 5.32 Å². The van der Waals surface area contributed by atoms with Gasteiger partial charge in [0.1, 0.15) is 0 Å². The summed E-state index contributed by atoms with van der Waals surface area (Å²) in [5, 5.41) is 3.19. The van der Waals surface area contributed by atoms with E-state index >= 15 is 0 Å². The van der Waals surface area contributed by atoms with Crippen LogP contribution in [0.4, 0.5) is 5.69 Å². The van der Waals surface area contributed by atoms with Crippen LogP contribution in [0.2, 0.25) is 0 Å². The lowest BCUT2D eigenvalue weighted by atomic mass is 9.91. The molecule has 1 aromatic carbocycles. The fraction of sp³-hybridized carbons (Fsp3) is 0.562. The van der Waals surface area contributed by atoms with E-state index in [2.05, 4.69) is 10.2 Å². The minimum absolute atomic E-state index is 0.210. The first-order chi connectivity index (χ1) is 9.83. The molecule has 1 N–H and O–H groups in total. The summed E-state index contributed by atoms with van der Waals surface area (Å²) in [7, 11) is 0. The number of para-hydroxylation sites is 1. The van der Waals surface area contributed by atoms with Crippen LogP contribution in [0.5, 0.6) is 0 Å². The zero-order chi connectivity index (χ0) is 13.8. The summed E-state index contributed by atoms with van der Waals surface area (Å²) >= 11 is 0. The molecule has 0 aromatic heterocycles. The van der Waals surface area contributed by atoms with Gasteiger partial charge in [-0.05, 0) is 25.0 Å². The number of hydrogen-bond acceptors (Lipinski definition) is 3. The normalized spacial score (nSPS) is 20.5. The first-order valence-corrected chi connectivity index (χ1v) is 7.64. The standard InChI is InChI=1S/C16H23N3O/c20-16(13-17-14-5-2-1-3-6-14)19-11-9-18(10-12-19)15-7-4-8-15/h1-3,5-6,15,17H,4,7-13H2. The Bertz CT molecular complexity index is 436. The van der Waals surface area contributed by atoms with Crippen LogP contribution in [0.1, 0.15) is 19.3 Å². The molecule has 0 radical (unpaired) electrons. The van der Waals surface area contributed by atoms with Crippen molar-refractivity contribution >= 4 is 11.6 Å². The summed E-state index contributed by atoms with van der Waals surface area (Å²) in [5.41, 5.74) is 1.01. The maximum absolute atomic E-state index is 12.2. The largest absolute Gasteiger partial charge is 0.376 e. The molecule has 3 rings (SSSR count). The molecule has 0 unspecified atom stereocenters. The molecule has 1 saturated carbocycles. The Labute approximate surface area is 120 Å². The van der Waals surface area contributed by atoms with Crippen molar-refractivity contribution < 1.29 is 4.79 Å². The van der Waals surface area contributed by atoms with E-state index in [1.165, 1.54) is 19.3 Å². The Balaban J connectivity index is 1.42. The van der Waals surface area contributed by atoms with E-state index in [1.807, 2.05) is 35.2 Å². The zero-order valence-electron chi connectivity index (χ0n) is 11.9. The van der Waals surface area contributed by atoms with Crippen molar-refractivity contribution in [3.05, 3.63) is 30.3 Å². The van der Waals surface area contributed by atoms with Gasteiger partial charge >= 0.3 is 0 Å². The first kappa shape index (κ1) is 13.4. The van der Waals surface area contributed by atoms with Gasteiger partial charge in [-0.2, -0.15) is 0 Å². The number of hydrogen-bond donors (Lipinski definition) is 1. The fourth-order valence-corrected chi connectivity index (χ4v) is 2.93. The molecular formula is C16H23N3O. The van der Waals surface area contributed by atoms with E-state index in [4.69, 9.17) is 0 Å². The number of piperazine rings is 1. The van der Waals surface area contributed by atoms with Crippen molar-refractivity contribution in [2.24, 2.45) is 0 Å². The summed E-state index contributed by atoms with van der Waals surface area (Å²) in [5.74, 6) is 0.210. The van der Waals surface area contributed by atoms with Crippen LogP contribution in [-0.4, -0.2) is 54.5 Å². The van der Waals surface area contributed by atoms with Gasteiger partial charge in [-0.25, -0.2) is 0 Å². The van der Waals surface area contributed by atoms with Gasteiger partial charge in [-0.15, -0.1) is 0 Å². The SMILES string of the molecule is O=C(CNc1ccccc1)N1CCN(C2CCC2)CC1. The molecule has 4 nitrogen and oxygen atoms in total. The van der Waals surface area contributed by atoms with Gasteiger partial charge < -0.3 is 10.2 Å². The smallest absolute Gasteiger partial charge is 0.241 e. The van der Waals surface area contributed by atoms with Crippen molar-refractivity contribution in [1.29, 1.82) is 0 Å². The molecule has 1 amide bonds. The quantitative estimate of drug-likeness (QED) is 0.908. The molecule has 0 bridgehead atoms. The molecule has 20 heavy (non-hydrogen) atoms. The highest BCUT2D eigenvalue weighted by Crippen LogP contribution is 2.25. The van der Waals surface area contributed by atoms with Crippen LogP contribution in [0.15, 0.2) is 30.3 Å². The second-order valence-corrected chi connectivity index (χ2v) is 5.72. The van der Waals surface area contributed by atoms with Gasteiger partial charge in [-0.1, -0.05) is 24.6 Å². The van der Waals surface area contributed by atoms with E-state index in [0.717, 1.165) is 37.9 Å². The summed E-state index contributed by atoms with van der Waals surface area (Å²) in [6.07, 6.45) is 4.08. The molecule has 1 aliphatic carbocycles. The number of anilines is 1. The van der Waals surface area contributed by atoms with E-state index in [-0.39, 0.29) is 5.91 Å². The van der Waals surface area contributed by atoms with Gasteiger partial charge in [0.05, 0.1) is 6.54 Å². The third-order valence-corrected chi connectivity index (χ3v) is 4.48. The van der Waals surface area contributed by atoms with Crippen LogP contribution in [-0.2, 0) is 4.79 Å². The highest BCUT2D eigenvalue weighted by Gasteiger charge is 2.29. The van der Waals surface area contributed by atoms with Gasteiger partial charge in [0.2, 0.25) is 5.91 Å². The van der Waals surface area contributed by atoms with Crippen molar-refractivity contribution in [2.45, 2.75) is 25.3 Å². The van der Waals surface area contributed by atoms with Crippen LogP contribution in [0, 0.1) is 0 Å². The number of benzene rings is 1. The molecule has 2 fully saturated rings. The van der Waals surface area contributed by atoms with E-state index in [9.17, 15) is 4.79 Å². The van der Waals surface area contributed by atoms with Gasteiger partial charge in [0, 0.05) is 37.9 Å². The van der Waals surface area contributed by atoms with E-state index in [1.54, 1.807) is 0 Å². The molecule has 1 aliphatic heterocycles. The van der Waals surface area contributed by atoms with Gasteiger partial charge in [0.15, 0.2) is 0 Å². The second kappa shape index (κ2) is 6.27. The third kappa shape index (κ3) is 3.12. The molecule has 1 saturated heterocycles. The highest BCUT2D eigenvalue weighted by atomic mass is 16.2. The third-order valence-electron chi connectivity index (χ3n) is 4.48. The summed E-state index contributed by atoms with van der Waals surface area (Å²) in [6, 6.07) is 10.7. The lowest BCUT2D eigenvalue weighted by Gasteiger charge is -2.43. The van der Waals surface area contributed by atoms with Gasteiger partial charge in [0.25, 0.3) is 0 Å². The average Bonchev–Trinajstić information content (AvgIpc) is 2.45. The highest BCUT2D eigenvalue weighted by molar-refractivity contribution is 5.81. The number of amides is 1. The first-order valence-electron chi connectivity index (χ1n) is 7.64. The molecule has 1 aromatic rings. The molecule has 4 heteroatoms. The number of carbonyl (C=O) groups is 1. The monoisotopic (exact) mass is 273 g/mol. The van der Waals surface area contributed by atoms with Crippen LogP contribution in [0.25, 0.3) is 0 Å². The van der Waals surface area contributed by atoms with Crippen molar-refractivity contribution in [1.82, 2.24) is 9.80 Å². The Kier molecular flexibility index (Phi) is 4.21. The van der Waals surface area contributed by atoms with Crippen LogP contribution >= 0.6 is 0 Å². The van der Waals surface area contributed by atoms with Crippen molar-refractivity contribution in [3.63, 3.8) is 0 Å². The number of rotatable bonds is 4. The average molecular weight is 273 g/mol. The Morgan fingerprint density at radius 3 is 2.40 bits per heavy atom. The number of nitrogens with zero attached hydrogens (tertiary/aromatic N) is 2. The summed E-state index contributed by atoms with van der Waals surface area (Å²) in [6.45, 7) is 4.24. The van der Waals surface area contributed by atoms with Crippen LogP contribution in [0.3, 0.4) is 0 Å². The summed E-state index contributed by atoms with van der Waals surface area (Å²) < 4.78 is 0. The zero-order valence-corrected chi connectivity index (χ0v) is 11.9. The minimum Gasteiger partial charge on any atom is -0.376 e. The van der Waals surface area contributed by atoms with Crippen molar-refractivity contribution in [2.75, 3.05) is 38.0 Å². The van der Waals surface area contributed by atoms with Crippen molar-refractivity contribution in [3.8, 4) is 0 Å². The molecule has 108 valence electrons. The molecule has 2 aliphatic rings.